The molecule has 2 aliphatic heterocycles. The second kappa shape index (κ2) is 12.9. The summed E-state index contributed by atoms with van der Waals surface area (Å²) < 4.78 is 6.11. The predicted molar refractivity (Wildman–Crippen MR) is 148 cm³/mol. The number of nitrogens with one attached hydrogen (secondary N) is 2. The van der Waals surface area contributed by atoms with Crippen molar-refractivity contribution in [1.82, 2.24) is 10.6 Å². The molecule has 0 aromatic heterocycles. The van der Waals surface area contributed by atoms with E-state index in [1.165, 1.54) is 43.9 Å². The highest BCUT2D eigenvalue weighted by atomic mass is 16.5. The molecule has 1 aromatic carbocycles. The average molecular weight is 494 g/mol. The van der Waals surface area contributed by atoms with Crippen LogP contribution >= 0.6 is 0 Å². The smallest absolute Gasteiger partial charge is 0.242 e. The molecule has 1 unspecified atom stereocenters. The van der Waals surface area contributed by atoms with Crippen LogP contribution in [0.1, 0.15) is 89.7 Å². The van der Waals surface area contributed by atoms with Gasteiger partial charge in [0.15, 0.2) is 0 Å². The van der Waals surface area contributed by atoms with Gasteiger partial charge in [0.1, 0.15) is 11.3 Å². The second-order valence-electron chi connectivity index (χ2n) is 10.2. The predicted octanol–water partition coefficient (Wildman–Crippen LogP) is 4.94. The Bertz CT molecular complexity index is 991. The lowest BCUT2D eigenvalue weighted by Gasteiger charge is -2.33. The third-order valence-corrected chi connectivity index (χ3v) is 6.92. The fraction of sp³-hybridized carbons (Fsp3) is 0.552. The van der Waals surface area contributed by atoms with Crippen LogP contribution in [-0.2, 0) is 9.53 Å². The topological polar surface area (TPSA) is 101 Å². The number of ether oxygens (including phenoxy) is 1. The van der Waals surface area contributed by atoms with Gasteiger partial charge < -0.3 is 21.1 Å². The van der Waals surface area contributed by atoms with Crippen molar-refractivity contribution in [3.8, 4) is 0 Å². The third-order valence-electron chi connectivity index (χ3n) is 6.92. The van der Waals surface area contributed by atoms with Gasteiger partial charge in [0.05, 0.1) is 11.8 Å². The van der Waals surface area contributed by atoms with Crippen molar-refractivity contribution in [3.63, 3.8) is 0 Å². The van der Waals surface area contributed by atoms with E-state index in [-0.39, 0.29) is 11.9 Å². The molecule has 1 aliphatic carbocycles. The Morgan fingerprint density at radius 3 is 2.47 bits per heavy atom. The molecule has 1 aromatic rings. The van der Waals surface area contributed by atoms with Crippen LogP contribution in [-0.4, -0.2) is 42.2 Å². The molecule has 7 nitrogen and oxygen atoms in total. The van der Waals surface area contributed by atoms with Crippen LogP contribution in [0.3, 0.4) is 0 Å². The van der Waals surface area contributed by atoms with Crippen molar-refractivity contribution < 1.29 is 9.53 Å². The Kier molecular flexibility index (Phi) is 9.88. The summed E-state index contributed by atoms with van der Waals surface area (Å²) in [5.74, 6) is 1.27. The maximum atomic E-state index is 11.1. The summed E-state index contributed by atoms with van der Waals surface area (Å²) in [5.41, 5.74) is 9.95. The number of benzene rings is 1. The van der Waals surface area contributed by atoms with Crippen molar-refractivity contribution in [2.75, 3.05) is 13.1 Å². The van der Waals surface area contributed by atoms with Gasteiger partial charge in [-0.05, 0) is 71.4 Å². The van der Waals surface area contributed by atoms with Crippen LogP contribution in [0.5, 0.6) is 0 Å². The largest absolute Gasteiger partial charge is 0.464 e. The van der Waals surface area contributed by atoms with Crippen LogP contribution in [0.4, 0.5) is 0 Å². The monoisotopic (exact) mass is 493 g/mol. The van der Waals surface area contributed by atoms with Crippen LogP contribution in [0.25, 0.3) is 0 Å². The minimum atomic E-state index is -0.590. The summed E-state index contributed by atoms with van der Waals surface area (Å²) in [6.45, 7) is 13.1. The molecule has 3 aliphatic rings. The first kappa shape index (κ1) is 27.7. The summed E-state index contributed by atoms with van der Waals surface area (Å²) in [6.07, 6.45) is 10.2. The number of hydrogen-bond acceptors (Lipinski definition) is 6. The van der Waals surface area contributed by atoms with E-state index in [1.807, 2.05) is 27.7 Å². The van der Waals surface area contributed by atoms with Crippen LogP contribution in [0.2, 0.25) is 0 Å². The van der Waals surface area contributed by atoms with E-state index in [2.05, 4.69) is 46.5 Å². The van der Waals surface area contributed by atoms with E-state index >= 15 is 0 Å². The maximum Gasteiger partial charge on any atom is 0.242 e. The molecule has 196 valence electrons. The number of hydrogen-bond donors (Lipinski definition) is 3. The molecule has 2 fully saturated rings. The van der Waals surface area contributed by atoms with Gasteiger partial charge in [-0.25, -0.2) is 9.98 Å². The third kappa shape index (κ3) is 7.06. The summed E-state index contributed by atoms with van der Waals surface area (Å²) in [6, 6.07) is 8.89. The Morgan fingerprint density at radius 1 is 1.22 bits per heavy atom. The maximum absolute atomic E-state index is 11.1. The number of carbonyl (C=O) groups excluding carboxylic acids is 1. The number of carbonyl (C=O) groups is 1. The van der Waals surface area contributed by atoms with Gasteiger partial charge in [-0.3, -0.25) is 4.79 Å². The Morgan fingerprint density at radius 2 is 1.92 bits per heavy atom. The Balaban J connectivity index is 0.000000303. The van der Waals surface area contributed by atoms with E-state index < -0.39 is 5.60 Å². The highest BCUT2D eigenvalue weighted by molar-refractivity contribution is 6.13. The van der Waals surface area contributed by atoms with Gasteiger partial charge in [-0.15, -0.1) is 0 Å². The average Bonchev–Trinajstić information content (AvgIpc) is 3.40. The van der Waals surface area contributed by atoms with Crippen LogP contribution < -0.4 is 16.4 Å². The molecule has 0 radical (unpaired) electrons. The quantitative estimate of drug-likeness (QED) is 0.541. The first-order chi connectivity index (χ1) is 17.3. The number of rotatable bonds is 5. The number of amides is 1. The van der Waals surface area contributed by atoms with Crippen molar-refractivity contribution in [1.29, 1.82) is 0 Å². The zero-order valence-corrected chi connectivity index (χ0v) is 22.4. The van der Waals surface area contributed by atoms with Crippen molar-refractivity contribution in [2.45, 2.75) is 90.2 Å². The molecule has 7 heteroatoms. The molecule has 0 bridgehead atoms. The second-order valence-corrected chi connectivity index (χ2v) is 10.2. The minimum Gasteiger partial charge on any atom is -0.464 e. The Hall–Kier alpha value is -2.93. The lowest BCUT2D eigenvalue weighted by Crippen LogP contribution is -2.42. The highest BCUT2D eigenvalue weighted by Crippen LogP contribution is 2.34. The zero-order valence-electron chi connectivity index (χ0n) is 22.4. The molecule has 1 amide bonds. The van der Waals surface area contributed by atoms with Gasteiger partial charge in [0.25, 0.3) is 0 Å². The number of allylic oxidation sites excluding steroid dienone is 1. The minimum absolute atomic E-state index is 0.0833. The standard InChI is InChI=1S/C22H29N3O.C7H14N2O/c1-5-24-21-19(15(2)23)25-20(22(3,4)26-21)18-13-11-17(12-14-18)16-9-7-6-8-10-16;1-2-8-7(10)6-4-3-5-9-6/h5,11-14,16H,1,6-10,23H2,2-4H3;6,9H,2-5H2,1H3,(H,8,10)/b19-15-,24-21?;. The van der Waals surface area contributed by atoms with Gasteiger partial charge in [-0.2, -0.15) is 0 Å². The number of nitrogens with zero attached hydrogens (tertiary/aromatic N) is 2. The fourth-order valence-corrected chi connectivity index (χ4v) is 5.03. The number of likely N-dealkylation sites (N-methyl/N-ethyl adjacent to an activating group) is 1. The molecular weight excluding hydrogens is 450 g/mol. The molecular formula is C29H43N5O2. The summed E-state index contributed by atoms with van der Waals surface area (Å²) in [7, 11) is 0. The zero-order chi connectivity index (χ0) is 26.1. The molecule has 1 atom stereocenters. The molecule has 36 heavy (non-hydrogen) atoms. The van der Waals surface area contributed by atoms with Gasteiger partial charge in [0, 0.05) is 24.0 Å². The highest BCUT2D eigenvalue weighted by Gasteiger charge is 2.36. The molecule has 1 saturated carbocycles. The van der Waals surface area contributed by atoms with Gasteiger partial charge >= 0.3 is 0 Å². The molecule has 0 spiro atoms. The number of aliphatic imine (C=N–C) groups is 2. The van der Waals surface area contributed by atoms with Gasteiger partial charge in [-0.1, -0.05) is 50.1 Å². The lowest BCUT2D eigenvalue weighted by atomic mass is 9.83. The number of nitrogens with two attached hydrogens (primary N) is 1. The van der Waals surface area contributed by atoms with Crippen molar-refractivity contribution in [3.05, 3.63) is 59.6 Å². The fourth-order valence-electron chi connectivity index (χ4n) is 5.03. The summed E-state index contributed by atoms with van der Waals surface area (Å²) >= 11 is 0. The van der Waals surface area contributed by atoms with E-state index in [1.54, 1.807) is 0 Å². The molecule has 2 heterocycles. The first-order valence-electron chi connectivity index (χ1n) is 13.3. The normalized spacial score (nSPS) is 24.2. The summed E-state index contributed by atoms with van der Waals surface area (Å²) in [4.78, 5) is 20.1. The molecule has 1 saturated heterocycles. The van der Waals surface area contributed by atoms with E-state index in [0.717, 1.165) is 37.2 Å². The lowest BCUT2D eigenvalue weighted by molar-refractivity contribution is -0.122. The molecule has 4 rings (SSSR count). The van der Waals surface area contributed by atoms with Crippen LogP contribution in [0.15, 0.2) is 58.4 Å². The van der Waals surface area contributed by atoms with E-state index in [4.69, 9.17) is 15.5 Å². The SMILES string of the molecule is C=CN=C1OC(C)(C)C(c2ccc(C3CCCCC3)cc2)=N/C1=C(/C)N.CCNC(=O)C1CCCN1. The van der Waals surface area contributed by atoms with Gasteiger partial charge in [0.2, 0.25) is 11.8 Å². The Labute approximate surface area is 216 Å². The van der Waals surface area contributed by atoms with Crippen molar-refractivity contribution in [2.24, 2.45) is 15.7 Å². The van der Waals surface area contributed by atoms with E-state index in [9.17, 15) is 4.79 Å². The first-order valence-corrected chi connectivity index (χ1v) is 13.3. The van der Waals surface area contributed by atoms with Crippen LogP contribution in [0, 0.1) is 0 Å². The van der Waals surface area contributed by atoms with E-state index in [0.29, 0.717) is 23.2 Å². The molecule has 4 N–H and O–H groups in total. The van der Waals surface area contributed by atoms with Crippen molar-refractivity contribution >= 4 is 17.5 Å². The summed E-state index contributed by atoms with van der Waals surface area (Å²) in [5, 5.41) is 5.92.